The van der Waals surface area contributed by atoms with Gasteiger partial charge in [0.25, 0.3) is 10.0 Å². The second kappa shape index (κ2) is 11.3. The molecule has 0 aliphatic carbocycles. The molecule has 0 fully saturated rings. The van der Waals surface area contributed by atoms with Gasteiger partial charge in [0.1, 0.15) is 18.1 Å². The van der Waals surface area contributed by atoms with E-state index in [1.807, 2.05) is 55.8 Å². The predicted octanol–water partition coefficient (Wildman–Crippen LogP) is 4.40. The molecule has 0 bridgehead atoms. The van der Waals surface area contributed by atoms with Gasteiger partial charge in [-0.25, -0.2) is 13.4 Å². The Kier molecular flexibility index (Phi) is 7.93. The third-order valence-corrected chi connectivity index (χ3v) is 7.66. The summed E-state index contributed by atoms with van der Waals surface area (Å²) in [5, 5.41) is 2.89. The van der Waals surface area contributed by atoms with Crippen LogP contribution in [-0.2, 0) is 21.4 Å². The largest absolute Gasteiger partial charge is 0.492 e. The Morgan fingerprint density at radius 1 is 1.00 bits per heavy atom. The van der Waals surface area contributed by atoms with Gasteiger partial charge in [0.05, 0.1) is 22.9 Å². The zero-order valence-corrected chi connectivity index (χ0v) is 21.9. The van der Waals surface area contributed by atoms with Crippen LogP contribution in [0.5, 0.6) is 5.75 Å². The third kappa shape index (κ3) is 5.83. The molecule has 1 aromatic heterocycles. The molecule has 1 amide bonds. The summed E-state index contributed by atoms with van der Waals surface area (Å²) in [6.07, 6.45) is 3.57. The summed E-state index contributed by atoms with van der Waals surface area (Å²) in [6, 6.07) is 21.0. The van der Waals surface area contributed by atoms with E-state index in [9.17, 15) is 13.2 Å². The van der Waals surface area contributed by atoms with Crippen molar-refractivity contribution >= 4 is 21.6 Å². The number of anilines is 1. The normalized spacial score (nSPS) is 11.2. The van der Waals surface area contributed by atoms with Gasteiger partial charge in [-0.15, -0.1) is 0 Å². The molecular weight excluding hydrogens is 488 g/mol. The van der Waals surface area contributed by atoms with Gasteiger partial charge in [0.2, 0.25) is 5.91 Å². The molecule has 4 rings (SSSR count). The number of imidazole rings is 1. The van der Waals surface area contributed by atoms with E-state index in [2.05, 4.69) is 10.3 Å². The number of hydrogen-bond acceptors (Lipinski definition) is 5. The first-order chi connectivity index (χ1) is 17.8. The molecule has 0 radical (unpaired) electrons. The minimum Gasteiger partial charge on any atom is -0.492 e. The van der Waals surface area contributed by atoms with E-state index in [1.54, 1.807) is 54.7 Å². The van der Waals surface area contributed by atoms with Crippen LogP contribution in [0.4, 0.5) is 5.69 Å². The molecule has 0 aliphatic heterocycles. The summed E-state index contributed by atoms with van der Waals surface area (Å²) in [6.45, 7) is 5.77. The molecule has 9 heteroatoms. The lowest BCUT2D eigenvalue weighted by Crippen LogP contribution is -2.41. The molecule has 0 aliphatic rings. The fraction of sp³-hybridized carbons (Fsp3) is 0.214. The highest BCUT2D eigenvalue weighted by atomic mass is 32.2. The zero-order chi connectivity index (χ0) is 26.4. The van der Waals surface area contributed by atoms with Crippen molar-refractivity contribution in [1.29, 1.82) is 0 Å². The molecule has 4 aromatic rings. The maximum Gasteiger partial charge on any atom is 0.264 e. The monoisotopic (exact) mass is 518 g/mol. The number of para-hydroxylation sites is 3. The van der Waals surface area contributed by atoms with Gasteiger partial charge >= 0.3 is 0 Å². The van der Waals surface area contributed by atoms with Gasteiger partial charge in [-0.2, -0.15) is 0 Å². The number of sulfonamides is 1. The number of nitrogens with zero attached hydrogens (tertiary/aromatic N) is 3. The summed E-state index contributed by atoms with van der Waals surface area (Å²) in [5.41, 5.74) is 3.00. The second-order valence-electron chi connectivity index (χ2n) is 8.48. The summed E-state index contributed by atoms with van der Waals surface area (Å²) in [7, 11) is -4.06. The average Bonchev–Trinajstić information content (AvgIpc) is 3.32. The van der Waals surface area contributed by atoms with Crippen LogP contribution in [-0.4, -0.2) is 37.0 Å². The fourth-order valence-corrected chi connectivity index (χ4v) is 5.42. The number of carbonyl (C=O) groups excluding carboxylic acids is 1. The maximum atomic E-state index is 13.7. The summed E-state index contributed by atoms with van der Waals surface area (Å²) in [4.78, 5) is 17.6. The molecule has 37 heavy (non-hydrogen) atoms. The maximum absolute atomic E-state index is 13.7. The molecule has 3 aromatic carbocycles. The SMILES string of the molecule is CCOc1ccccc1N(CC(=O)NCc1ccccc1-n1ccnc1C)S(=O)(=O)c1ccc(C)cc1. The van der Waals surface area contributed by atoms with Gasteiger partial charge in [0, 0.05) is 18.9 Å². The minimum atomic E-state index is -4.06. The van der Waals surface area contributed by atoms with E-state index in [-0.39, 0.29) is 11.4 Å². The Hall–Kier alpha value is -4.11. The second-order valence-corrected chi connectivity index (χ2v) is 10.3. The van der Waals surface area contributed by atoms with Crippen LogP contribution in [0.15, 0.2) is 90.1 Å². The van der Waals surface area contributed by atoms with E-state index >= 15 is 0 Å². The number of aromatic nitrogens is 2. The predicted molar refractivity (Wildman–Crippen MR) is 143 cm³/mol. The standard InChI is InChI=1S/C28H30N4O4S/c1-4-36-27-12-8-7-11-26(27)32(37(34,35)24-15-13-21(2)14-16-24)20-28(33)30-19-23-9-5-6-10-25(23)31-18-17-29-22(31)3/h5-18H,4,19-20H2,1-3H3,(H,30,33). The number of ether oxygens (including phenoxy) is 1. The first-order valence-corrected chi connectivity index (χ1v) is 13.4. The van der Waals surface area contributed by atoms with Gasteiger partial charge < -0.3 is 14.6 Å². The van der Waals surface area contributed by atoms with Crippen LogP contribution in [0.1, 0.15) is 23.9 Å². The zero-order valence-electron chi connectivity index (χ0n) is 21.1. The van der Waals surface area contributed by atoms with Gasteiger partial charge in [0.15, 0.2) is 0 Å². The Labute approximate surface area is 217 Å². The van der Waals surface area contributed by atoms with Crippen LogP contribution < -0.4 is 14.4 Å². The van der Waals surface area contributed by atoms with Gasteiger partial charge in [-0.3, -0.25) is 9.10 Å². The number of aryl methyl sites for hydroxylation is 2. The molecule has 0 saturated heterocycles. The topological polar surface area (TPSA) is 93.5 Å². The van der Waals surface area contributed by atoms with E-state index in [1.165, 1.54) is 0 Å². The number of rotatable bonds is 10. The molecule has 0 unspecified atom stereocenters. The van der Waals surface area contributed by atoms with Gasteiger partial charge in [-0.1, -0.05) is 48.0 Å². The molecule has 1 N–H and O–H groups in total. The van der Waals surface area contributed by atoms with Crippen molar-refractivity contribution in [3.8, 4) is 11.4 Å². The van der Waals surface area contributed by atoms with Crippen molar-refractivity contribution in [2.45, 2.75) is 32.2 Å². The van der Waals surface area contributed by atoms with Crippen molar-refractivity contribution in [3.05, 3.63) is 102 Å². The Morgan fingerprint density at radius 2 is 1.70 bits per heavy atom. The molecule has 192 valence electrons. The van der Waals surface area contributed by atoms with Crippen LogP contribution in [0.2, 0.25) is 0 Å². The Balaban J connectivity index is 1.62. The summed E-state index contributed by atoms with van der Waals surface area (Å²) in [5.74, 6) is 0.759. The highest BCUT2D eigenvalue weighted by molar-refractivity contribution is 7.92. The molecule has 0 atom stereocenters. The van der Waals surface area contributed by atoms with Crippen molar-refractivity contribution in [1.82, 2.24) is 14.9 Å². The lowest BCUT2D eigenvalue weighted by molar-refractivity contribution is -0.119. The lowest BCUT2D eigenvalue weighted by Gasteiger charge is -2.26. The highest BCUT2D eigenvalue weighted by Crippen LogP contribution is 2.32. The summed E-state index contributed by atoms with van der Waals surface area (Å²) < 4.78 is 36.2. The van der Waals surface area contributed by atoms with Crippen molar-refractivity contribution in [2.75, 3.05) is 17.5 Å². The Bertz CT molecular complexity index is 1480. The number of hydrogen-bond donors (Lipinski definition) is 1. The lowest BCUT2D eigenvalue weighted by atomic mass is 10.1. The third-order valence-electron chi connectivity index (χ3n) is 5.88. The average molecular weight is 519 g/mol. The van der Waals surface area contributed by atoms with E-state index in [0.29, 0.717) is 18.0 Å². The van der Waals surface area contributed by atoms with E-state index in [0.717, 1.165) is 26.9 Å². The van der Waals surface area contributed by atoms with Crippen LogP contribution in [0.3, 0.4) is 0 Å². The molecule has 0 spiro atoms. The van der Waals surface area contributed by atoms with Crippen molar-refractivity contribution < 1.29 is 17.9 Å². The van der Waals surface area contributed by atoms with Crippen molar-refractivity contribution in [3.63, 3.8) is 0 Å². The van der Waals surface area contributed by atoms with Crippen LogP contribution in [0.25, 0.3) is 5.69 Å². The van der Waals surface area contributed by atoms with E-state index in [4.69, 9.17) is 4.74 Å². The van der Waals surface area contributed by atoms with E-state index < -0.39 is 22.5 Å². The number of nitrogens with one attached hydrogen (secondary N) is 1. The molecule has 1 heterocycles. The molecular formula is C28H30N4O4S. The summed E-state index contributed by atoms with van der Waals surface area (Å²) >= 11 is 0. The highest BCUT2D eigenvalue weighted by Gasteiger charge is 2.29. The smallest absolute Gasteiger partial charge is 0.264 e. The van der Waals surface area contributed by atoms with Crippen LogP contribution >= 0.6 is 0 Å². The quantitative estimate of drug-likeness (QED) is 0.336. The van der Waals surface area contributed by atoms with Gasteiger partial charge in [-0.05, 0) is 56.7 Å². The number of carbonyl (C=O) groups is 1. The first kappa shape index (κ1) is 26.0. The van der Waals surface area contributed by atoms with Crippen molar-refractivity contribution in [2.24, 2.45) is 0 Å². The number of amides is 1. The first-order valence-electron chi connectivity index (χ1n) is 12.0. The molecule has 0 saturated carbocycles. The minimum absolute atomic E-state index is 0.0955. The van der Waals surface area contributed by atoms with Crippen LogP contribution in [0, 0.1) is 13.8 Å². The fourth-order valence-electron chi connectivity index (χ4n) is 3.99. The Morgan fingerprint density at radius 3 is 2.41 bits per heavy atom. The molecule has 8 nitrogen and oxygen atoms in total. The number of benzene rings is 3.